The van der Waals surface area contributed by atoms with Crippen LogP contribution in [0.2, 0.25) is 0 Å². The van der Waals surface area contributed by atoms with Gasteiger partial charge in [-0.25, -0.2) is 10.2 Å². The number of hydrogen-bond acceptors (Lipinski definition) is 6. The molecule has 32 heavy (non-hydrogen) atoms. The summed E-state index contributed by atoms with van der Waals surface area (Å²) in [5, 5.41) is 17.6. The number of rotatable bonds is 5. The quantitative estimate of drug-likeness (QED) is 0.464. The van der Waals surface area contributed by atoms with Crippen molar-refractivity contribution in [3.05, 3.63) is 100 Å². The van der Waals surface area contributed by atoms with Crippen LogP contribution in [-0.4, -0.2) is 22.6 Å². The van der Waals surface area contributed by atoms with Gasteiger partial charge in [0.05, 0.1) is 10.6 Å². The number of benzene rings is 3. The fourth-order valence-electron chi connectivity index (χ4n) is 3.37. The Morgan fingerprint density at radius 3 is 2.38 bits per heavy atom. The van der Waals surface area contributed by atoms with Crippen molar-refractivity contribution in [3.8, 4) is 5.75 Å². The van der Waals surface area contributed by atoms with Crippen molar-refractivity contribution in [2.24, 2.45) is 5.10 Å². The van der Waals surface area contributed by atoms with Crippen LogP contribution < -0.4 is 15.5 Å². The van der Waals surface area contributed by atoms with E-state index >= 15 is 0 Å². The summed E-state index contributed by atoms with van der Waals surface area (Å²) in [7, 11) is 0. The van der Waals surface area contributed by atoms with E-state index < -0.39 is 11.0 Å². The number of anilines is 1. The zero-order chi connectivity index (χ0) is 22.5. The molecule has 2 amide bonds. The number of hydrogen-bond donors (Lipinski definition) is 2. The summed E-state index contributed by atoms with van der Waals surface area (Å²) in [6.45, 7) is 0. The molecule has 0 aliphatic carbocycles. The Hall–Kier alpha value is -4.53. The number of non-ortho nitro benzene ring substituents is 1. The molecule has 1 atom stereocenters. The smallest absolute Gasteiger partial charge is 0.410 e. The number of hydrazone groups is 1. The summed E-state index contributed by atoms with van der Waals surface area (Å²) >= 11 is 0. The lowest BCUT2D eigenvalue weighted by Gasteiger charge is -2.23. The molecule has 3 aromatic rings. The van der Waals surface area contributed by atoms with E-state index in [2.05, 4.69) is 15.8 Å². The summed E-state index contributed by atoms with van der Waals surface area (Å²) in [4.78, 5) is 34.2. The second kappa shape index (κ2) is 9.09. The fraction of sp³-hybridized carbons (Fsp3) is 0.0870. The average molecular weight is 430 g/mol. The Morgan fingerprint density at radius 2 is 1.72 bits per heavy atom. The van der Waals surface area contributed by atoms with Crippen molar-refractivity contribution >= 4 is 29.1 Å². The zero-order valence-electron chi connectivity index (χ0n) is 16.7. The summed E-state index contributed by atoms with van der Waals surface area (Å²) in [6, 6.07) is 21.9. The maximum absolute atomic E-state index is 12.1. The number of nitrogens with one attached hydrogen (secondary N) is 2. The van der Waals surface area contributed by atoms with Gasteiger partial charge in [0.25, 0.3) is 5.69 Å². The van der Waals surface area contributed by atoms with Gasteiger partial charge in [-0.1, -0.05) is 42.5 Å². The predicted molar refractivity (Wildman–Crippen MR) is 118 cm³/mol. The Kier molecular flexibility index (Phi) is 5.89. The Balaban J connectivity index is 1.44. The van der Waals surface area contributed by atoms with Crippen LogP contribution in [0.15, 0.2) is 84.0 Å². The SMILES string of the molecule is O=C1CC(c2ccccc2)C(c2ccc(NC(=O)Oc3ccc([N+](=O)[O-])cc3)cc2)=NN1. The molecule has 4 rings (SSSR count). The highest BCUT2D eigenvalue weighted by Crippen LogP contribution is 2.28. The molecule has 1 heterocycles. The van der Waals surface area contributed by atoms with Crippen LogP contribution in [0, 0.1) is 10.1 Å². The van der Waals surface area contributed by atoms with Crippen molar-refractivity contribution in [3.63, 3.8) is 0 Å². The highest BCUT2D eigenvalue weighted by molar-refractivity contribution is 6.09. The van der Waals surface area contributed by atoms with Crippen LogP contribution in [0.5, 0.6) is 5.75 Å². The van der Waals surface area contributed by atoms with E-state index in [1.54, 1.807) is 24.3 Å². The molecule has 0 bridgehead atoms. The summed E-state index contributed by atoms with van der Waals surface area (Å²) in [5.74, 6) is -0.131. The minimum Gasteiger partial charge on any atom is -0.410 e. The third-order valence-corrected chi connectivity index (χ3v) is 4.91. The molecule has 160 valence electrons. The van der Waals surface area contributed by atoms with Gasteiger partial charge in [0.2, 0.25) is 5.91 Å². The van der Waals surface area contributed by atoms with Gasteiger partial charge < -0.3 is 4.74 Å². The number of carbonyl (C=O) groups excluding carboxylic acids is 2. The molecule has 0 fully saturated rings. The third kappa shape index (κ3) is 4.78. The molecular formula is C23H18N4O5. The van der Waals surface area contributed by atoms with Gasteiger partial charge in [0.15, 0.2) is 0 Å². The van der Waals surface area contributed by atoms with E-state index in [1.807, 2.05) is 30.3 Å². The molecule has 0 aromatic heterocycles. The zero-order valence-corrected chi connectivity index (χ0v) is 16.7. The minimum atomic E-state index is -0.726. The van der Waals surface area contributed by atoms with Crippen LogP contribution in [0.25, 0.3) is 0 Å². The lowest BCUT2D eigenvalue weighted by Crippen LogP contribution is -2.32. The molecule has 0 radical (unpaired) electrons. The monoisotopic (exact) mass is 430 g/mol. The largest absolute Gasteiger partial charge is 0.417 e. The second-order valence-electron chi connectivity index (χ2n) is 7.04. The highest BCUT2D eigenvalue weighted by Gasteiger charge is 2.27. The van der Waals surface area contributed by atoms with Gasteiger partial charge in [-0.2, -0.15) is 5.10 Å². The summed E-state index contributed by atoms with van der Waals surface area (Å²) in [6.07, 6.45) is -0.430. The predicted octanol–water partition coefficient (Wildman–Crippen LogP) is 4.21. The highest BCUT2D eigenvalue weighted by atomic mass is 16.6. The van der Waals surface area contributed by atoms with Crippen molar-refractivity contribution in [2.75, 3.05) is 5.32 Å². The molecule has 1 unspecified atom stereocenters. The molecule has 3 aromatic carbocycles. The van der Waals surface area contributed by atoms with Gasteiger partial charge >= 0.3 is 6.09 Å². The third-order valence-electron chi connectivity index (χ3n) is 4.91. The summed E-state index contributed by atoms with van der Waals surface area (Å²) < 4.78 is 5.14. The van der Waals surface area contributed by atoms with Crippen LogP contribution in [0.3, 0.4) is 0 Å². The lowest BCUT2D eigenvalue weighted by molar-refractivity contribution is -0.384. The lowest BCUT2D eigenvalue weighted by atomic mass is 9.86. The van der Waals surface area contributed by atoms with Crippen LogP contribution in [-0.2, 0) is 4.79 Å². The Labute approximate surface area is 182 Å². The number of nitrogens with zero attached hydrogens (tertiary/aromatic N) is 2. The number of nitro groups is 1. The van der Waals surface area contributed by atoms with Crippen molar-refractivity contribution < 1.29 is 19.2 Å². The van der Waals surface area contributed by atoms with E-state index in [-0.39, 0.29) is 23.3 Å². The first kappa shape index (κ1) is 20.7. The molecule has 1 aliphatic heterocycles. The minimum absolute atomic E-state index is 0.0935. The first-order valence-electron chi connectivity index (χ1n) is 9.75. The van der Waals surface area contributed by atoms with Crippen molar-refractivity contribution in [1.29, 1.82) is 0 Å². The van der Waals surface area contributed by atoms with Crippen LogP contribution >= 0.6 is 0 Å². The van der Waals surface area contributed by atoms with Crippen LogP contribution in [0.4, 0.5) is 16.2 Å². The molecule has 9 heteroatoms. The first-order valence-corrected chi connectivity index (χ1v) is 9.75. The van der Waals surface area contributed by atoms with Gasteiger partial charge in [-0.15, -0.1) is 0 Å². The van der Waals surface area contributed by atoms with Gasteiger partial charge in [-0.05, 0) is 35.4 Å². The molecular weight excluding hydrogens is 412 g/mol. The number of carbonyl (C=O) groups is 2. The molecule has 1 aliphatic rings. The van der Waals surface area contributed by atoms with Gasteiger partial charge in [-0.3, -0.25) is 20.2 Å². The van der Waals surface area contributed by atoms with E-state index in [0.717, 1.165) is 16.8 Å². The van der Waals surface area contributed by atoms with E-state index in [4.69, 9.17) is 4.74 Å². The normalized spacial score (nSPS) is 15.3. The van der Waals surface area contributed by atoms with Crippen molar-refractivity contribution in [2.45, 2.75) is 12.3 Å². The molecule has 0 saturated heterocycles. The number of nitro benzene ring substituents is 1. The number of ether oxygens (including phenoxy) is 1. The molecule has 0 saturated carbocycles. The molecule has 2 N–H and O–H groups in total. The second-order valence-corrected chi connectivity index (χ2v) is 7.04. The van der Waals surface area contributed by atoms with Crippen molar-refractivity contribution in [1.82, 2.24) is 5.43 Å². The average Bonchev–Trinajstić information content (AvgIpc) is 2.80. The Morgan fingerprint density at radius 1 is 1.03 bits per heavy atom. The Bertz CT molecular complexity index is 1180. The first-order chi connectivity index (χ1) is 15.5. The van der Waals surface area contributed by atoms with Gasteiger partial charge in [0.1, 0.15) is 5.75 Å². The van der Waals surface area contributed by atoms with Gasteiger partial charge in [0, 0.05) is 30.2 Å². The maximum atomic E-state index is 12.1. The van der Waals surface area contributed by atoms with E-state index in [9.17, 15) is 19.7 Å². The number of amides is 2. The van der Waals surface area contributed by atoms with E-state index in [1.165, 1.54) is 24.3 Å². The van der Waals surface area contributed by atoms with E-state index in [0.29, 0.717) is 12.1 Å². The maximum Gasteiger partial charge on any atom is 0.417 e. The topological polar surface area (TPSA) is 123 Å². The molecule has 9 nitrogen and oxygen atoms in total. The van der Waals surface area contributed by atoms with Crippen LogP contribution in [0.1, 0.15) is 23.5 Å². The summed E-state index contributed by atoms with van der Waals surface area (Å²) in [5.41, 5.74) is 5.48. The molecule has 0 spiro atoms. The standard InChI is InChI=1S/C23H18N4O5/c28-21-14-20(15-4-2-1-3-5-15)22(26-25-21)16-6-8-17(9-7-16)24-23(29)32-19-12-10-18(11-13-19)27(30)31/h1-13,20H,14H2,(H,24,29)(H,25,28). The fourth-order valence-corrected chi connectivity index (χ4v) is 3.37.